The van der Waals surface area contributed by atoms with Crippen molar-refractivity contribution in [2.45, 2.75) is 31.6 Å². The first-order valence-electron chi connectivity index (χ1n) is 5.49. The lowest BCUT2D eigenvalue weighted by Crippen LogP contribution is -2.43. The van der Waals surface area contributed by atoms with Crippen LogP contribution in [0.4, 0.5) is 0 Å². The molecule has 1 aliphatic rings. The van der Waals surface area contributed by atoms with Crippen molar-refractivity contribution in [1.29, 1.82) is 0 Å². The predicted octanol–water partition coefficient (Wildman–Crippen LogP) is 2.11. The molecule has 0 atom stereocenters. The molecule has 14 heavy (non-hydrogen) atoms. The van der Waals surface area contributed by atoms with E-state index in [1.165, 1.54) is 24.8 Å². The normalized spacial score (nSPS) is 18.9. The Balaban J connectivity index is 2.12. The van der Waals surface area contributed by atoms with Gasteiger partial charge in [-0.25, -0.2) is 0 Å². The molecule has 1 aromatic rings. The Kier molecular flexibility index (Phi) is 2.82. The highest BCUT2D eigenvalue weighted by molar-refractivity contribution is 5.26. The molecule has 0 saturated heterocycles. The topological polar surface area (TPSA) is 24.9 Å². The Labute approximate surface area is 85.7 Å². The van der Waals surface area contributed by atoms with Crippen molar-refractivity contribution < 1.29 is 0 Å². The molecule has 1 N–H and O–H groups in total. The van der Waals surface area contributed by atoms with Crippen molar-refractivity contribution in [2.24, 2.45) is 0 Å². The van der Waals surface area contributed by atoms with E-state index in [0.29, 0.717) is 5.41 Å². The number of hydrogen-bond donors (Lipinski definition) is 1. The zero-order chi connectivity index (χ0) is 9.86. The first-order valence-corrected chi connectivity index (χ1v) is 5.49. The average Bonchev–Trinajstić information content (AvgIpc) is 2.18. The van der Waals surface area contributed by atoms with Crippen LogP contribution in [0, 0.1) is 0 Å². The van der Waals surface area contributed by atoms with Gasteiger partial charge in [0.15, 0.2) is 0 Å². The zero-order valence-electron chi connectivity index (χ0n) is 8.79. The number of likely N-dealkylation sites (N-methyl/N-ethyl adjacent to an activating group) is 1. The van der Waals surface area contributed by atoms with Crippen LogP contribution in [0.1, 0.15) is 31.7 Å². The lowest BCUT2D eigenvalue weighted by Gasteiger charge is -2.42. The third kappa shape index (κ3) is 1.67. The summed E-state index contributed by atoms with van der Waals surface area (Å²) in [4.78, 5) is 4.08. The van der Waals surface area contributed by atoms with Gasteiger partial charge >= 0.3 is 0 Å². The van der Waals surface area contributed by atoms with E-state index in [2.05, 4.69) is 29.4 Å². The van der Waals surface area contributed by atoms with Gasteiger partial charge in [0, 0.05) is 24.4 Å². The minimum Gasteiger partial charge on any atom is -0.316 e. The maximum atomic E-state index is 4.08. The second kappa shape index (κ2) is 4.09. The fourth-order valence-electron chi connectivity index (χ4n) is 2.24. The number of rotatable bonds is 4. The quantitative estimate of drug-likeness (QED) is 0.786. The largest absolute Gasteiger partial charge is 0.316 e. The summed E-state index contributed by atoms with van der Waals surface area (Å²) in [7, 11) is 0. The van der Waals surface area contributed by atoms with E-state index in [4.69, 9.17) is 0 Å². The Bertz CT molecular complexity index is 278. The molecule has 2 nitrogen and oxygen atoms in total. The molecule has 1 fully saturated rings. The maximum absolute atomic E-state index is 4.08. The molecule has 1 heterocycles. The van der Waals surface area contributed by atoms with Crippen LogP contribution in [0.5, 0.6) is 0 Å². The van der Waals surface area contributed by atoms with Gasteiger partial charge in [0.25, 0.3) is 0 Å². The molecule has 1 saturated carbocycles. The highest BCUT2D eigenvalue weighted by Crippen LogP contribution is 2.42. The molecule has 1 aliphatic carbocycles. The van der Waals surface area contributed by atoms with Gasteiger partial charge in [-0.1, -0.05) is 13.3 Å². The molecule has 0 unspecified atom stereocenters. The number of hydrogen-bond acceptors (Lipinski definition) is 2. The Morgan fingerprint density at radius 1 is 1.36 bits per heavy atom. The van der Waals surface area contributed by atoms with Crippen LogP contribution in [-0.2, 0) is 5.41 Å². The van der Waals surface area contributed by atoms with Crippen molar-refractivity contribution in [3.8, 4) is 0 Å². The number of pyridine rings is 1. The summed E-state index contributed by atoms with van der Waals surface area (Å²) in [6.45, 7) is 4.35. The molecule has 0 radical (unpaired) electrons. The van der Waals surface area contributed by atoms with Gasteiger partial charge in [-0.2, -0.15) is 0 Å². The zero-order valence-corrected chi connectivity index (χ0v) is 8.79. The van der Waals surface area contributed by atoms with Gasteiger partial charge in [0.05, 0.1) is 0 Å². The summed E-state index contributed by atoms with van der Waals surface area (Å²) in [5.41, 5.74) is 1.87. The predicted molar refractivity (Wildman–Crippen MR) is 58.3 cm³/mol. The molecule has 0 aromatic carbocycles. The summed E-state index contributed by atoms with van der Waals surface area (Å²) in [6.07, 6.45) is 7.82. The van der Waals surface area contributed by atoms with E-state index in [0.717, 1.165) is 13.1 Å². The van der Waals surface area contributed by atoms with Crippen LogP contribution in [0.25, 0.3) is 0 Å². The lowest BCUT2D eigenvalue weighted by atomic mass is 9.64. The van der Waals surface area contributed by atoms with Gasteiger partial charge < -0.3 is 5.32 Å². The van der Waals surface area contributed by atoms with Gasteiger partial charge in [-0.15, -0.1) is 0 Å². The Morgan fingerprint density at radius 3 is 2.57 bits per heavy atom. The molecule has 2 heteroatoms. The van der Waals surface area contributed by atoms with Crippen LogP contribution < -0.4 is 5.32 Å². The van der Waals surface area contributed by atoms with E-state index in [1.54, 1.807) is 0 Å². The van der Waals surface area contributed by atoms with Crippen LogP contribution in [0.2, 0.25) is 0 Å². The molecule has 1 aromatic heterocycles. The first kappa shape index (κ1) is 9.66. The molecule has 76 valence electrons. The number of nitrogens with zero attached hydrogens (tertiary/aromatic N) is 1. The first-order chi connectivity index (χ1) is 6.87. The standard InChI is InChI=1S/C12H18N2/c1-2-13-10-12(6-3-7-12)11-4-8-14-9-5-11/h4-5,8-9,13H,2-3,6-7,10H2,1H3. The summed E-state index contributed by atoms with van der Waals surface area (Å²) >= 11 is 0. The Morgan fingerprint density at radius 2 is 2.07 bits per heavy atom. The second-order valence-electron chi connectivity index (χ2n) is 4.15. The fraction of sp³-hybridized carbons (Fsp3) is 0.583. The Hall–Kier alpha value is -0.890. The van der Waals surface area contributed by atoms with Crippen LogP contribution in [-0.4, -0.2) is 18.1 Å². The highest BCUT2D eigenvalue weighted by Gasteiger charge is 2.37. The summed E-state index contributed by atoms with van der Waals surface area (Å²) in [5, 5.41) is 3.47. The monoisotopic (exact) mass is 190 g/mol. The minimum absolute atomic E-state index is 0.416. The molecule has 0 spiro atoms. The number of nitrogens with one attached hydrogen (secondary N) is 1. The van der Waals surface area contributed by atoms with Crippen LogP contribution in [0.3, 0.4) is 0 Å². The third-order valence-electron chi connectivity index (χ3n) is 3.32. The van der Waals surface area contributed by atoms with Gasteiger partial charge in [0.2, 0.25) is 0 Å². The summed E-state index contributed by atoms with van der Waals surface area (Å²) in [6, 6.07) is 4.33. The van der Waals surface area contributed by atoms with Crippen molar-refractivity contribution in [1.82, 2.24) is 10.3 Å². The van der Waals surface area contributed by atoms with E-state index in [9.17, 15) is 0 Å². The van der Waals surface area contributed by atoms with E-state index in [-0.39, 0.29) is 0 Å². The van der Waals surface area contributed by atoms with Crippen LogP contribution in [0.15, 0.2) is 24.5 Å². The summed E-state index contributed by atoms with van der Waals surface area (Å²) in [5.74, 6) is 0. The minimum atomic E-state index is 0.416. The molecular weight excluding hydrogens is 172 g/mol. The third-order valence-corrected chi connectivity index (χ3v) is 3.32. The van der Waals surface area contributed by atoms with Gasteiger partial charge in [-0.3, -0.25) is 4.98 Å². The lowest BCUT2D eigenvalue weighted by molar-refractivity contribution is 0.235. The fourth-order valence-corrected chi connectivity index (χ4v) is 2.24. The average molecular weight is 190 g/mol. The van der Waals surface area contributed by atoms with Crippen molar-refractivity contribution >= 4 is 0 Å². The van der Waals surface area contributed by atoms with E-state index >= 15 is 0 Å². The van der Waals surface area contributed by atoms with Crippen molar-refractivity contribution in [3.63, 3.8) is 0 Å². The van der Waals surface area contributed by atoms with Crippen molar-refractivity contribution in [2.75, 3.05) is 13.1 Å². The molecule has 0 aliphatic heterocycles. The highest BCUT2D eigenvalue weighted by atomic mass is 14.9. The molecule has 0 amide bonds. The van der Waals surface area contributed by atoms with Gasteiger partial charge in [-0.05, 0) is 37.1 Å². The van der Waals surface area contributed by atoms with E-state index < -0.39 is 0 Å². The van der Waals surface area contributed by atoms with Crippen molar-refractivity contribution in [3.05, 3.63) is 30.1 Å². The SMILES string of the molecule is CCNCC1(c2ccncc2)CCC1. The van der Waals surface area contributed by atoms with E-state index in [1.807, 2.05) is 12.4 Å². The molecular formula is C12H18N2. The van der Waals surface area contributed by atoms with Crippen LogP contribution >= 0.6 is 0 Å². The molecule has 2 rings (SSSR count). The summed E-state index contributed by atoms with van der Waals surface area (Å²) < 4.78 is 0. The smallest absolute Gasteiger partial charge is 0.0270 e. The maximum Gasteiger partial charge on any atom is 0.0270 e. The van der Waals surface area contributed by atoms with Gasteiger partial charge in [0.1, 0.15) is 0 Å². The number of aromatic nitrogens is 1. The second-order valence-corrected chi connectivity index (χ2v) is 4.15. The molecule has 0 bridgehead atoms.